The summed E-state index contributed by atoms with van der Waals surface area (Å²) in [6, 6.07) is 6.62. The second-order valence-corrected chi connectivity index (χ2v) is 3.60. The predicted molar refractivity (Wildman–Crippen MR) is 60.4 cm³/mol. The Morgan fingerprint density at radius 2 is 2.07 bits per heavy atom. The molecular weight excluding hydrogens is 212 g/mol. The van der Waals surface area contributed by atoms with E-state index in [0.29, 0.717) is 4.99 Å². The molecule has 4 nitrogen and oxygen atoms in total. The largest absolute Gasteiger partial charge is 0.478 e. The average Bonchev–Trinajstić information content (AvgIpc) is 2.65. The molecule has 1 unspecified atom stereocenters. The Bertz CT molecular complexity index is 439. The Labute approximate surface area is 91.6 Å². The molecule has 1 atom stereocenters. The Morgan fingerprint density at radius 1 is 1.40 bits per heavy atom. The number of hydrazone groups is 1. The van der Waals surface area contributed by atoms with Gasteiger partial charge in [0.25, 0.3) is 0 Å². The number of hydrogen-bond acceptors (Lipinski definition) is 3. The van der Waals surface area contributed by atoms with Gasteiger partial charge in [0.15, 0.2) is 0 Å². The van der Waals surface area contributed by atoms with Crippen LogP contribution in [0, 0.1) is 0 Å². The lowest BCUT2D eigenvalue weighted by Crippen LogP contribution is -2.15. The van der Waals surface area contributed by atoms with Gasteiger partial charge in [-0.15, -0.1) is 0 Å². The highest BCUT2D eigenvalue weighted by Crippen LogP contribution is 2.18. The fourth-order valence-electron chi connectivity index (χ4n) is 1.38. The molecule has 1 heterocycles. The van der Waals surface area contributed by atoms with Gasteiger partial charge in [-0.2, -0.15) is 5.10 Å². The van der Waals surface area contributed by atoms with Crippen LogP contribution in [-0.4, -0.2) is 22.3 Å². The molecule has 1 aliphatic rings. The van der Waals surface area contributed by atoms with E-state index in [-0.39, 0.29) is 11.5 Å². The van der Waals surface area contributed by atoms with Crippen LogP contribution in [0.25, 0.3) is 0 Å². The minimum atomic E-state index is -0.928. The van der Waals surface area contributed by atoms with Crippen LogP contribution in [0.4, 0.5) is 0 Å². The van der Waals surface area contributed by atoms with Crippen LogP contribution in [0.5, 0.6) is 0 Å². The first-order valence-corrected chi connectivity index (χ1v) is 4.75. The number of benzene rings is 1. The number of carboxylic acid groups (broad SMARTS) is 1. The van der Waals surface area contributed by atoms with Crippen LogP contribution in [0.1, 0.15) is 21.8 Å². The summed E-state index contributed by atoms with van der Waals surface area (Å²) in [5.74, 6) is -0.967. The number of nitrogens with zero attached hydrogens (tertiary/aromatic N) is 1. The quantitative estimate of drug-likeness (QED) is 0.739. The van der Waals surface area contributed by atoms with E-state index in [1.165, 1.54) is 0 Å². The van der Waals surface area contributed by atoms with Gasteiger partial charge in [-0.1, -0.05) is 24.4 Å². The molecule has 0 saturated carbocycles. The van der Waals surface area contributed by atoms with E-state index in [0.717, 1.165) is 5.56 Å². The van der Waals surface area contributed by atoms with Crippen LogP contribution >= 0.6 is 12.2 Å². The SMILES string of the molecule is O=C(O)c1ccc(C2C=NNC2=S)cc1. The summed E-state index contributed by atoms with van der Waals surface area (Å²) in [6.45, 7) is 0. The van der Waals surface area contributed by atoms with Crippen LogP contribution in [0.15, 0.2) is 29.4 Å². The summed E-state index contributed by atoms with van der Waals surface area (Å²) in [4.78, 5) is 11.3. The molecule has 0 saturated heterocycles. The van der Waals surface area contributed by atoms with Crippen molar-refractivity contribution in [2.75, 3.05) is 0 Å². The standard InChI is InChI=1S/C10H8N2O2S/c13-10(14)7-3-1-6(2-4-7)8-5-11-12-9(8)15/h1-5,8H,(H,12,15)(H,13,14). The summed E-state index contributed by atoms with van der Waals surface area (Å²) in [5, 5.41) is 12.6. The van der Waals surface area contributed by atoms with Gasteiger partial charge in [0.2, 0.25) is 0 Å². The Morgan fingerprint density at radius 3 is 2.53 bits per heavy atom. The summed E-state index contributed by atoms with van der Waals surface area (Å²) >= 11 is 5.05. The third-order valence-corrected chi connectivity index (χ3v) is 2.54. The first-order chi connectivity index (χ1) is 7.18. The maximum Gasteiger partial charge on any atom is 0.335 e. The molecule has 0 aliphatic carbocycles. The van der Waals surface area contributed by atoms with Gasteiger partial charge in [-0.05, 0) is 17.7 Å². The molecule has 0 spiro atoms. The lowest BCUT2D eigenvalue weighted by Gasteiger charge is -2.06. The maximum atomic E-state index is 10.6. The number of rotatable bonds is 2. The molecule has 5 heteroatoms. The highest BCUT2D eigenvalue weighted by atomic mass is 32.1. The van der Waals surface area contributed by atoms with E-state index in [1.807, 2.05) is 0 Å². The van der Waals surface area contributed by atoms with Crippen molar-refractivity contribution in [2.24, 2.45) is 5.10 Å². The number of thiocarbonyl (C=S) groups is 1. The van der Waals surface area contributed by atoms with Crippen molar-refractivity contribution in [1.29, 1.82) is 0 Å². The zero-order chi connectivity index (χ0) is 10.8. The second-order valence-electron chi connectivity index (χ2n) is 3.16. The normalized spacial score (nSPS) is 18.9. The van der Waals surface area contributed by atoms with Gasteiger partial charge in [-0.3, -0.25) is 5.43 Å². The van der Waals surface area contributed by atoms with Gasteiger partial charge in [-0.25, -0.2) is 4.79 Å². The topological polar surface area (TPSA) is 61.7 Å². The molecule has 0 aromatic heterocycles. The van der Waals surface area contributed by atoms with E-state index in [2.05, 4.69) is 10.5 Å². The van der Waals surface area contributed by atoms with Crippen molar-refractivity contribution < 1.29 is 9.90 Å². The first kappa shape index (κ1) is 9.79. The summed E-state index contributed by atoms with van der Waals surface area (Å²) in [7, 11) is 0. The minimum absolute atomic E-state index is 0.0390. The van der Waals surface area contributed by atoms with Crippen molar-refractivity contribution in [3.05, 3.63) is 35.4 Å². The first-order valence-electron chi connectivity index (χ1n) is 4.35. The lowest BCUT2D eigenvalue weighted by atomic mass is 10.00. The average molecular weight is 220 g/mol. The van der Waals surface area contributed by atoms with E-state index >= 15 is 0 Å². The summed E-state index contributed by atoms with van der Waals surface area (Å²) in [6.07, 6.45) is 1.71. The fourth-order valence-corrected chi connectivity index (χ4v) is 1.63. The lowest BCUT2D eigenvalue weighted by molar-refractivity contribution is 0.0697. The molecular formula is C10H8N2O2S. The number of hydrogen-bond donors (Lipinski definition) is 2. The van der Waals surface area contributed by atoms with Crippen molar-refractivity contribution in [1.82, 2.24) is 5.43 Å². The van der Waals surface area contributed by atoms with Crippen LogP contribution in [0.3, 0.4) is 0 Å². The van der Waals surface area contributed by atoms with Gasteiger partial charge in [0.05, 0.1) is 11.5 Å². The third-order valence-electron chi connectivity index (χ3n) is 2.20. The van der Waals surface area contributed by atoms with Crippen LogP contribution < -0.4 is 5.43 Å². The number of carbonyl (C=O) groups is 1. The molecule has 0 amide bonds. The Kier molecular flexibility index (Phi) is 2.47. The monoisotopic (exact) mass is 220 g/mol. The van der Waals surface area contributed by atoms with E-state index < -0.39 is 5.97 Å². The zero-order valence-corrected chi connectivity index (χ0v) is 8.49. The molecule has 15 heavy (non-hydrogen) atoms. The second kappa shape index (κ2) is 3.78. The molecule has 0 bridgehead atoms. The molecule has 0 fully saturated rings. The van der Waals surface area contributed by atoms with Crippen LogP contribution in [0.2, 0.25) is 0 Å². The molecule has 2 N–H and O–H groups in total. The smallest absolute Gasteiger partial charge is 0.335 e. The van der Waals surface area contributed by atoms with E-state index in [1.54, 1.807) is 30.5 Å². The summed E-state index contributed by atoms with van der Waals surface area (Å²) in [5.41, 5.74) is 3.90. The van der Waals surface area contributed by atoms with E-state index in [9.17, 15) is 4.79 Å². The number of carboxylic acids is 1. The minimum Gasteiger partial charge on any atom is -0.478 e. The van der Waals surface area contributed by atoms with Crippen molar-refractivity contribution in [2.45, 2.75) is 5.92 Å². The predicted octanol–water partition coefficient (Wildman–Crippen LogP) is 1.38. The molecule has 1 aromatic rings. The molecule has 1 aliphatic heterocycles. The summed E-state index contributed by atoms with van der Waals surface area (Å²) < 4.78 is 0. The van der Waals surface area contributed by atoms with E-state index in [4.69, 9.17) is 17.3 Å². The number of aromatic carboxylic acids is 1. The zero-order valence-electron chi connectivity index (χ0n) is 7.68. The van der Waals surface area contributed by atoms with Gasteiger partial charge in [0.1, 0.15) is 4.99 Å². The van der Waals surface area contributed by atoms with Crippen molar-refractivity contribution >= 4 is 29.4 Å². The Balaban J connectivity index is 2.27. The van der Waals surface area contributed by atoms with Gasteiger partial charge >= 0.3 is 5.97 Å². The molecule has 2 rings (SSSR count). The van der Waals surface area contributed by atoms with Crippen molar-refractivity contribution in [3.8, 4) is 0 Å². The van der Waals surface area contributed by atoms with Crippen molar-refractivity contribution in [3.63, 3.8) is 0 Å². The van der Waals surface area contributed by atoms with Gasteiger partial charge < -0.3 is 5.11 Å². The highest BCUT2D eigenvalue weighted by Gasteiger charge is 2.18. The molecule has 1 aromatic carbocycles. The Hall–Kier alpha value is -1.75. The maximum absolute atomic E-state index is 10.6. The molecule has 76 valence electrons. The van der Waals surface area contributed by atoms with Gasteiger partial charge in [0, 0.05) is 6.21 Å². The highest BCUT2D eigenvalue weighted by molar-refractivity contribution is 7.80. The third kappa shape index (κ3) is 1.87. The van der Waals surface area contributed by atoms with Crippen LogP contribution in [-0.2, 0) is 0 Å². The fraction of sp³-hybridized carbons (Fsp3) is 0.100. The number of nitrogens with one attached hydrogen (secondary N) is 1. The molecule has 0 radical (unpaired) electrons.